The van der Waals surface area contributed by atoms with Crippen LogP contribution in [-0.2, 0) is 0 Å². The van der Waals surface area contributed by atoms with Crippen LogP contribution in [0, 0.1) is 18.8 Å². The average Bonchev–Trinajstić information content (AvgIpc) is 1.87. The lowest BCUT2D eigenvalue weighted by Crippen LogP contribution is -1.86. The Labute approximate surface area is 71.0 Å². The molecule has 0 fully saturated rings. The van der Waals surface area contributed by atoms with Gasteiger partial charge in [-0.25, -0.2) is 0 Å². The van der Waals surface area contributed by atoms with Crippen LogP contribution in [0.4, 0.5) is 0 Å². The molecule has 0 saturated carbocycles. The summed E-state index contributed by atoms with van der Waals surface area (Å²) >= 11 is 0. The van der Waals surface area contributed by atoms with Gasteiger partial charge in [0.25, 0.3) is 0 Å². The molecule has 63 valence electrons. The van der Waals surface area contributed by atoms with Crippen LogP contribution in [0.25, 0.3) is 0 Å². The van der Waals surface area contributed by atoms with E-state index in [9.17, 15) is 0 Å². The van der Waals surface area contributed by atoms with Crippen LogP contribution < -0.4 is 0 Å². The molecule has 1 atom stereocenters. The Morgan fingerprint density at radius 2 is 1.82 bits per heavy atom. The highest BCUT2D eigenvalue weighted by Gasteiger charge is 1.91. The largest absolute Gasteiger partial charge is 0.0880 e. The second kappa shape index (κ2) is 6.21. The van der Waals surface area contributed by atoms with Gasteiger partial charge in [0.1, 0.15) is 0 Å². The molecule has 0 aliphatic rings. The fourth-order valence-corrected chi connectivity index (χ4v) is 0.876. The SMILES string of the molecule is [CH2]C=CC(C)CC=CC(C)C. The van der Waals surface area contributed by atoms with Crippen molar-refractivity contribution in [2.45, 2.75) is 27.2 Å². The Balaban J connectivity index is 3.52. The number of allylic oxidation sites excluding steroid dienone is 4. The zero-order valence-corrected chi connectivity index (χ0v) is 7.88. The van der Waals surface area contributed by atoms with Gasteiger partial charge in [0, 0.05) is 0 Å². The van der Waals surface area contributed by atoms with Crippen LogP contribution in [-0.4, -0.2) is 0 Å². The number of rotatable bonds is 4. The first-order chi connectivity index (χ1) is 5.16. The van der Waals surface area contributed by atoms with Gasteiger partial charge < -0.3 is 0 Å². The molecule has 0 spiro atoms. The van der Waals surface area contributed by atoms with Crippen molar-refractivity contribution in [1.29, 1.82) is 0 Å². The monoisotopic (exact) mass is 151 g/mol. The van der Waals surface area contributed by atoms with Gasteiger partial charge in [-0.15, -0.1) is 0 Å². The second-order valence-corrected chi connectivity index (χ2v) is 3.31. The van der Waals surface area contributed by atoms with Crippen LogP contribution in [0.3, 0.4) is 0 Å². The topological polar surface area (TPSA) is 0 Å². The highest BCUT2D eigenvalue weighted by Crippen LogP contribution is 2.05. The quantitative estimate of drug-likeness (QED) is 0.538. The van der Waals surface area contributed by atoms with E-state index in [-0.39, 0.29) is 0 Å². The minimum Gasteiger partial charge on any atom is -0.0880 e. The first kappa shape index (κ1) is 10.5. The summed E-state index contributed by atoms with van der Waals surface area (Å²) in [6, 6.07) is 0. The average molecular weight is 151 g/mol. The number of hydrogen-bond donors (Lipinski definition) is 0. The zero-order valence-electron chi connectivity index (χ0n) is 7.88. The maximum Gasteiger partial charge on any atom is -0.0227 e. The summed E-state index contributed by atoms with van der Waals surface area (Å²) in [6.45, 7) is 10.3. The van der Waals surface area contributed by atoms with Crippen molar-refractivity contribution < 1.29 is 0 Å². The van der Waals surface area contributed by atoms with Crippen LogP contribution in [0.15, 0.2) is 24.3 Å². The summed E-state index contributed by atoms with van der Waals surface area (Å²) in [7, 11) is 0. The summed E-state index contributed by atoms with van der Waals surface area (Å²) in [5, 5.41) is 0. The minimum absolute atomic E-state index is 0.627. The van der Waals surface area contributed by atoms with Gasteiger partial charge in [-0.1, -0.05) is 45.1 Å². The lowest BCUT2D eigenvalue weighted by molar-refractivity contribution is 0.732. The molecule has 0 heterocycles. The van der Waals surface area contributed by atoms with E-state index < -0.39 is 0 Å². The molecule has 0 rings (SSSR count). The van der Waals surface area contributed by atoms with E-state index in [0.717, 1.165) is 6.42 Å². The molecule has 0 aromatic heterocycles. The van der Waals surface area contributed by atoms with Crippen LogP contribution in [0.2, 0.25) is 0 Å². The van der Waals surface area contributed by atoms with Crippen LogP contribution in [0.5, 0.6) is 0 Å². The molecule has 0 N–H and O–H groups in total. The highest BCUT2D eigenvalue weighted by molar-refractivity contribution is 4.93. The van der Waals surface area contributed by atoms with Gasteiger partial charge in [-0.3, -0.25) is 0 Å². The van der Waals surface area contributed by atoms with Crippen molar-refractivity contribution in [1.82, 2.24) is 0 Å². The highest BCUT2D eigenvalue weighted by atomic mass is 14.0. The summed E-state index contributed by atoms with van der Waals surface area (Å²) in [6.07, 6.45) is 9.62. The van der Waals surface area contributed by atoms with Crippen molar-refractivity contribution in [2.75, 3.05) is 0 Å². The summed E-state index contributed by atoms with van der Waals surface area (Å²) in [5.41, 5.74) is 0. The van der Waals surface area contributed by atoms with E-state index in [1.807, 2.05) is 6.08 Å². The summed E-state index contributed by atoms with van der Waals surface area (Å²) in [4.78, 5) is 0. The Morgan fingerprint density at radius 1 is 1.18 bits per heavy atom. The molecule has 0 aliphatic heterocycles. The fourth-order valence-electron chi connectivity index (χ4n) is 0.876. The second-order valence-electron chi connectivity index (χ2n) is 3.31. The third-order valence-electron chi connectivity index (χ3n) is 1.49. The normalized spacial score (nSPS) is 15.4. The Kier molecular flexibility index (Phi) is 5.91. The molecule has 0 amide bonds. The van der Waals surface area contributed by atoms with E-state index in [1.165, 1.54) is 0 Å². The van der Waals surface area contributed by atoms with Gasteiger partial charge in [-0.05, 0) is 25.2 Å². The molecule has 0 heteroatoms. The standard InChI is InChI=1S/C11H19/c1-5-7-11(4)9-6-8-10(2)3/h5-8,10-11H,1,9H2,2-4H3. The van der Waals surface area contributed by atoms with Crippen molar-refractivity contribution in [3.05, 3.63) is 31.2 Å². The van der Waals surface area contributed by atoms with E-state index in [1.54, 1.807) is 0 Å². The summed E-state index contributed by atoms with van der Waals surface area (Å²) in [5.74, 6) is 1.30. The fraction of sp³-hybridized carbons (Fsp3) is 0.545. The van der Waals surface area contributed by atoms with Crippen LogP contribution >= 0.6 is 0 Å². The first-order valence-corrected chi connectivity index (χ1v) is 4.29. The zero-order chi connectivity index (χ0) is 8.69. The molecular formula is C11H19. The molecule has 1 radical (unpaired) electrons. The maximum atomic E-state index is 3.66. The molecule has 0 bridgehead atoms. The lowest BCUT2D eigenvalue weighted by Gasteiger charge is -2.00. The van der Waals surface area contributed by atoms with Gasteiger partial charge in [0.2, 0.25) is 0 Å². The molecule has 1 unspecified atom stereocenters. The van der Waals surface area contributed by atoms with Crippen molar-refractivity contribution in [2.24, 2.45) is 11.8 Å². The van der Waals surface area contributed by atoms with Gasteiger partial charge in [0.05, 0.1) is 0 Å². The van der Waals surface area contributed by atoms with Crippen molar-refractivity contribution in [3.8, 4) is 0 Å². The predicted octanol–water partition coefficient (Wildman–Crippen LogP) is 3.62. The molecular weight excluding hydrogens is 132 g/mol. The van der Waals surface area contributed by atoms with Crippen molar-refractivity contribution in [3.63, 3.8) is 0 Å². The van der Waals surface area contributed by atoms with E-state index >= 15 is 0 Å². The molecule has 0 nitrogen and oxygen atoms in total. The Bertz CT molecular complexity index is 129. The molecule has 11 heavy (non-hydrogen) atoms. The van der Waals surface area contributed by atoms with Gasteiger partial charge in [-0.2, -0.15) is 0 Å². The van der Waals surface area contributed by atoms with E-state index in [4.69, 9.17) is 0 Å². The summed E-state index contributed by atoms with van der Waals surface area (Å²) < 4.78 is 0. The van der Waals surface area contributed by atoms with Crippen LogP contribution in [0.1, 0.15) is 27.2 Å². The Hall–Kier alpha value is -0.520. The number of hydrogen-bond acceptors (Lipinski definition) is 0. The molecule has 0 aliphatic carbocycles. The predicted molar refractivity (Wildman–Crippen MR) is 52.3 cm³/mol. The smallest absolute Gasteiger partial charge is 0.0227 e. The Morgan fingerprint density at radius 3 is 2.27 bits per heavy atom. The van der Waals surface area contributed by atoms with Gasteiger partial charge in [0.15, 0.2) is 0 Å². The van der Waals surface area contributed by atoms with E-state index in [2.05, 4.69) is 45.9 Å². The molecule has 0 saturated heterocycles. The maximum absolute atomic E-state index is 3.66. The molecule has 0 aromatic rings. The molecule has 0 aromatic carbocycles. The van der Waals surface area contributed by atoms with E-state index in [0.29, 0.717) is 11.8 Å². The lowest BCUT2D eigenvalue weighted by atomic mass is 10.1. The third kappa shape index (κ3) is 7.38. The van der Waals surface area contributed by atoms with Crippen molar-refractivity contribution >= 4 is 0 Å². The third-order valence-corrected chi connectivity index (χ3v) is 1.49. The minimum atomic E-state index is 0.627. The first-order valence-electron chi connectivity index (χ1n) is 4.29. The van der Waals surface area contributed by atoms with Gasteiger partial charge >= 0.3 is 0 Å².